The first-order valence-electron chi connectivity index (χ1n) is 8.83. The van der Waals surface area contributed by atoms with Crippen molar-refractivity contribution in [3.05, 3.63) is 76.5 Å². The van der Waals surface area contributed by atoms with E-state index in [9.17, 15) is 15.0 Å². The summed E-state index contributed by atoms with van der Waals surface area (Å²) in [5.74, 6) is -0.516. The number of pyridine rings is 1. The van der Waals surface area contributed by atoms with Crippen molar-refractivity contribution >= 4 is 5.90 Å². The molecule has 9 nitrogen and oxygen atoms in total. The Labute approximate surface area is 165 Å². The molecule has 3 heterocycles. The Hall–Kier alpha value is -4.01. The number of benzene rings is 1. The van der Waals surface area contributed by atoms with Crippen LogP contribution in [0.5, 0.6) is 5.88 Å². The Morgan fingerprint density at radius 3 is 2.62 bits per heavy atom. The molecule has 0 fully saturated rings. The van der Waals surface area contributed by atoms with Crippen LogP contribution in [-0.4, -0.2) is 25.0 Å². The third kappa shape index (κ3) is 3.33. The van der Waals surface area contributed by atoms with Crippen molar-refractivity contribution in [2.24, 2.45) is 19.1 Å². The molecule has 0 bridgehead atoms. The summed E-state index contributed by atoms with van der Waals surface area (Å²) in [6.07, 6.45) is 3.21. The molecule has 4 rings (SSSR count). The Morgan fingerprint density at radius 1 is 1.10 bits per heavy atom. The van der Waals surface area contributed by atoms with Crippen molar-refractivity contribution in [1.82, 2.24) is 19.1 Å². The van der Waals surface area contributed by atoms with Gasteiger partial charge in [0.2, 0.25) is 5.69 Å². The second-order valence-corrected chi connectivity index (χ2v) is 6.51. The smallest absolute Gasteiger partial charge is 0.440 e. The molecule has 2 aliphatic heterocycles. The Bertz CT molecular complexity index is 1240. The van der Waals surface area contributed by atoms with E-state index < -0.39 is 11.6 Å². The summed E-state index contributed by atoms with van der Waals surface area (Å²) in [4.78, 5) is 24.7. The molecule has 0 aliphatic carbocycles. The van der Waals surface area contributed by atoms with Crippen LogP contribution in [-0.2, 0) is 20.6 Å². The fourth-order valence-corrected chi connectivity index (χ4v) is 2.94. The van der Waals surface area contributed by atoms with Crippen molar-refractivity contribution in [3.63, 3.8) is 0 Å². The van der Waals surface area contributed by atoms with E-state index in [1.165, 1.54) is 23.2 Å². The maximum absolute atomic E-state index is 12.5. The van der Waals surface area contributed by atoms with Crippen LogP contribution in [0.2, 0.25) is 0 Å². The predicted molar refractivity (Wildman–Crippen MR) is 101 cm³/mol. The minimum atomic E-state index is -0.521. The highest BCUT2D eigenvalue weighted by atomic mass is 16.3. The average molecular weight is 389 g/mol. The van der Waals surface area contributed by atoms with E-state index >= 15 is 0 Å². The van der Waals surface area contributed by atoms with E-state index in [4.69, 9.17) is 0 Å². The highest BCUT2D eigenvalue weighted by molar-refractivity contribution is 5.89. The highest BCUT2D eigenvalue weighted by Gasteiger charge is 2.27. The largest absolute Gasteiger partial charge is 0.858 e. The van der Waals surface area contributed by atoms with Gasteiger partial charge >= 0.3 is 11.6 Å². The summed E-state index contributed by atoms with van der Waals surface area (Å²) in [5.41, 5.74) is 0.899. The number of imidazole rings is 1. The molecule has 0 unspecified atom stereocenters. The third-order valence-electron chi connectivity index (χ3n) is 4.55. The maximum atomic E-state index is 12.5. The number of rotatable bonds is 4. The van der Waals surface area contributed by atoms with Crippen LogP contribution in [0, 0.1) is 0 Å². The van der Waals surface area contributed by atoms with Gasteiger partial charge in [0.15, 0.2) is 0 Å². The fraction of sp³-hybridized carbons (Fsp3) is 0.150. The SMILES string of the molecule is Cn1c2nc(-[n+]3cccc(C([O-])=NCc4ccccc4)c3)nc-2c([O-])n(C)c1=O. The molecule has 29 heavy (non-hydrogen) atoms. The molecule has 9 heteroatoms. The van der Waals surface area contributed by atoms with E-state index in [1.54, 1.807) is 24.5 Å². The van der Waals surface area contributed by atoms with Gasteiger partial charge in [-0.25, -0.2) is 9.36 Å². The lowest BCUT2D eigenvalue weighted by Gasteiger charge is -2.14. The molecule has 0 saturated heterocycles. The standard InChI is InChI=1S/C20H18N6O3/c1-24-16-15(18(28)25(2)20(24)29)22-19(23-16)26-10-6-9-14(12-26)17(27)21-11-13-7-4-3-5-8-13/h3-10,12H,11H2,1-2H3,(H-,21,22,23,27,28)/p-1. The van der Waals surface area contributed by atoms with Crippen LogP contribution in [0.1, 0.15) is 11.1 Å². The lowest BCUT2D eigenvalue weighted by atomic mass is 10.2. The molecular weight excluding hydrogens is 372 g/mol. The molecule has 146 valence electrons. The summed E-state index contributed by atoms with van der Waals surface area (Å²) in [6.45, 7) is 0.281. The first-order chi connectivity index (χ1) is 14.0. The summed E-state index contributed by atoms with van der Waals surface area (Å²) in [6, 6.07) is 12.8. The molecule has 1 aromatic carbocycles. The van der Waals surface area contributed by atoms with E-state index in [1.807, 2.05) is 30.3 Å². The molecular formula is C20H17N6O3-. The van der Waals surface area contributed by atoms with Crippen LogP contribution in [0.4, 0.5) is 0 Å². The number of hydrogen-bond donors (Lipinski definition) is 0. The molecule has 0 atom stereocenters. The number of aromatic nitrogens is 5. The van der Waals surface area contributed by atoms with E-state index in [-0.39, 0.29) is 29.9 Å². The molecule has 1 aromatic heterocycles. The zero-order chi connectivity index (χ0) is 20.5. The van der Waals surface area contributed by atoms with Crippen LogP contribution in [0.25, 0.3) is 17.5 Å². The van der Waals surface area contributed by atoms with Gasteiger partial charge in [0, 0.05) is 25.5 Å². The lowest BCUT2D eigenvalue weighted by molar-refractivity contribution is -0.603. The van der Waals surface area contributed by atoms with Crippen LogP contribution in [0.3, 0.4) is 0 Å². The van der Waals surface area contributed by atoms with Crippen LogP contribution >= 0.6 is 0 Å². The monoisotopic (exact) mass is 389 g/mol. The van der Waals surface area contributed by atoms with Gasteiger partial charge in [0.05, 0.1) is 18.9 Å². The molecule has 2 aliphatic rings. The van der Waals surface area contributed by atoms with Crippen molar-refractivity contribution in [1.29, 1.82) is 0 Å². The predicted octanol–water partition coefficient (Wildman–Crippen LogP) is -0.724. The Balaban J connectivity index is 1.71. The summed E-state index contributed by atoms with van der Waals surface area (Å²) in [5, 5.41) is 24.8. The average Bonchev–Trinajstić information content (AvgIpc) is 3.21. The first kappa shape index (κ1) is 18.4. The van der Waals surface area contributed by atoms with Gasteiger partial charge in [-0.1, -0.05) is 35.3 Å². The number of nitrogens with zero attached hydrogens (tertiary/aromatic N) is 6. The summed E-state index contributed by atoms with van der Waals surface area (Å²) >= 11 is 0. The molecule has 0 saturated carbocycles. The van der Waals surface area contributed by atoms with E-state index in [0.717, 1.165) is 10.1 Å². The van der Waals surface area contributed by atoms with Gasteiger partial charge in [-0.2, -0.15) is 0 Å². The van der Waals surface area contributed by atoms with Gasteiger partial charge in [0.1, 0.15) is 0 Å². The Morgan fingerprint density at radius 2 is 1.86 bits per heavy atom. The highest BCUT2D eigenvalue weighted by Crippen LogP contribution is 2.23. The fourth-order valence-electron chi connectivity index (χ4n) is 2.94. The van der Waals surface area contributed by atoms with E-state index in [0.29, 0.717) is 5.56 Å². The van der Waals surface area contributed by atoms with E-state index in [2.05, 4.69) is 15.0 Å². The van der Waals surface area contributed by atoms with Gasteiger partial charge < -0.3 is 14.8 Å². The van der Waals surface area contributed by atoms with Gasteiger partial charge in [-0.15, -0.1) is 0 Å². The van der Waals surface area contributed by atoms with Crippen molar-refractivity contribution in [2.45, 2.75) is 6.54 Å². The van der Waals surface area contributed by atoms with Crippen LogP contribution < -0.4 is 20.5 Å². The van der Waals surface area contributed by atoms with Crippen LogP contribution in [0.15, 0.2) is 64.6 Å². The summed E-state index contributed by atoms with van der Waals surface area (Å²) < 4.78 is 3.76. The number of hydrogen-bond acceptors (Lipinski definition) is 6. The lowest BCUT2D eigenvalue weighted by Crippen LogP contribution is -2.34. The molecule has 0 amide bonds. The normalized spacial score (nSPS) is 11.9. The maximum Gasteiger partial charge on any atom is 0.440 e. The first-order valence-corrected chi connectivity index (χ1v) is 8.83. The third-order valence-corrected chi connectivity index (χ3v) is 4.55. The molecule has 0 N–H and O–H groups in total. The minimum Gasteiger partial charge on any atom is -0.858 e. The van der Waals surface area contributed by atoms with Crippen molar-refractivity contribution in [3.8, 4) is 23.3 Å². The van der Waals surface area contributed by atoms with Gasteiger partial charge in [-0.3, -0.25) is 9.56 Å². The molecule has 0 spiro atoms. The second-order valence-electron chi connectivity index (χ2n) is 6.51. The zero-order valence-electron chi connectivity index (χ0n) is 15.8. The topological polar surface area (TPSA) is 115 Å². The van der Waals surface area contributed by atoms with Crippen molar-refractivity contribution in [2.75, 3.05) is 0 Å². The van der Waals surface area contributed by atoms with Gasteiger partial charge in [-0.05, 0) is 28.6 Å². The van der Waals surface area contributed by atoms with Crippen molar-refractivity contribution < 1.29 is 14.8 Å². The quantitative estimate of drug-likeness (QED) is 0.259. The zero-order valence-corrected chi connectivity index (χ0v) is 15.8. The second kappa shape index (κ2) is 7.19. The molecule has 0 radical (unpaired) electrons. The number of fused-ring (bicyclic) bond motifs is 1. The number of aliphatic imine (C=N–C) groups is 1. The van der Waals surface area contributed by atoms with Gasteiger partial charge in [0.25, 0.3) is 5.82 Å². The summed E-state index contributed by atoms with van der Waals surface area (Å²) in [7, 11) is 2.91. The minimum absolute atomic E-state index is 0.0857. The Kier molecular flexibility index (Phi) is 4.55. The molecule has 2 aromatic rings.